The fourth-order valence-corrected chi connectivity index (χ4v) is 4.66. The third-order valence-electron chi connectivity index (χ3n) is 4.89. The van der Waals surface area contributed by atoms with Gasteiger partial charge in [-0.2, -0.15) is 0 Å². The van der Waals surface area contributed by atoms with Crippen molar-refractivity contribution in [3.05, 3.63) is 78.7 Å². The predicted molar refractivity (Wildman–Crippen MR) is 133 cm³/mol. The van der Waals surface area contributed by atoms with Crippen LogP contribution < -0.4 is 19.5 Å². The van der Waals surface area contributed by atoms with Gasteiger partial charge in [0, 0.05) is 16.0 Å². The predicted octanol–water partition coefficient (Wildman–Crippen LogP) is 3.06. The molecule has 0 bridgehead atoms. The lowest BCUT2D eigenvalue weighted by molar-refractivity contribution is -0.135. The number of ether oxygens (including phenoxy) is 2. The molecule has 0 unspecified atom stereocenters. The van der Waals surface area contributed by atoms with Crippen LogP contribution in [0.2, 0.25) is 0 Å². The first-order valence-corrected chi connectivity index (χ1v) is 12.3. The first-order valence-electron chi connectivity index (χ1n) is 10.3. The fourth-order valence-electron chi connectivity index (χ4n) is 3.22. The van der Waals surface area contributed by atoms with Gasteiger partial charge in [0.15, 0.2) is 5.78 Å². The number of hydrogen-bond donors (Lipinski definition) is 0. The number of rotatable bonds is 8. The number of thioether (sulfide) groups is 1. The van der Waals surface area contributed by atoms with E-state index >= 15 is 0 Å². The fraction of sp³-hybridized carbons (Fsp3) is 0.240. The number of nitrogens with zero attached hydrogens (tertiary/aromatic N) is 1. The summed E-state index contributed by atoms with van der Waals surface area (Å²) in [5.74, 6) is -0.0521. The number of thiazole rings is 1. The third-order valence-corrected chi connectivity index (χ3v) is 6.70. The SMILES string of the molecule is CCOC(=O)/C=c1\s/c(=C/c2ccc(SC)cc2)c(=O)n1Cc1cc(C(C)=O)ccc1OC. The van der Waals surface area contributed by atoms with Crippen molar-refractivity contribution >= 4 is 47.0 Å². The maximum absolute atomic E-state index is 13.3. The molecule has 0 spiro atoms. The quantitative estimate of drug-likeness (QED) is 0.279. The molecule has 0 N–H and O–H groups in total. The zero-order valence-corrected chi connectivity index (χ0v) is 20.5. The Morgan fingerprint density at radius 3 is 2.48 bits per heavy atom. The Balaban J connectivity index is 2.16. The molecule has 0 aliphatic rings. The zero-order valence-electron chi connectivity index (χ0n) is 18.9. The summed E-state index contributed by atoms with van der Waals surface area (Å²) in [5, 5.41) is 0. The molecule has 0 saturated carbocycles. The monoisotopic (exact) mass is 483 g/mol. The molecule has 0 aliphatic carbocycles. The number of aromatic nitrogens is 1. The minimum atomic E-state index is -0.521. The van der Waals surface area contributed by atoms with E-state index in [9.17, 15) is 14.4 Å². The lowest BCUT2D eigenvalue weighted by Gasteiger charge is -2.10. The lowest BCUT2D eigenvalue weighted by atomic mass is 10.1. The Kier molecular flexibility index (Phi) is 8.30. The highest BCUT2D eigenvalue weighted by atomic mass is 32.2. The van der Waals surface area contributed by atoms with Crippen LogP contribution in [-0.2, 0) is 16.1 Å². The summed E-state index contributed by atoms with van der Waals surface area (Å²) < 4.78 is 12.9. The minimum absolute atomic E-state index is 0.0856. The van der Waals surface area contributed by atoms with E-state index in [0.717, 1.165) is 10.5 Å². The molecular weight excluding hydrogens is 458 g/mol. The van der Waals surface area contributed by atoms with Gasteiger partial charge in [-0.05, 0) is 62.1 Å². The average Bonchev–Trinajstić information content (AvgIpc) is 3.08. The highest BCUT2D eigenvalue weighted by Gasteiger charge is 2.13. The van der Waals surface area contributed by atoms with Gasteiger partial charge in [-0.1, -0.05) is 12.1 Å². The number of methoxy groups -OCH3 is 1. The molecule has 6 nitrogen and oxygen atoms in total. The second-order valence-corrected chi connectivity index (χ2v) is 9.03. The van der Waals surface area contributed by atoms with Crippen LogP contribution in [0.15, 0.2) is 52.2 Å². The molecule has 0 fully saturated rings. The first kappa shape index (κ1) is 24.5. The van der Waals surface area contributed by atoms with Crippen LogP contribution in [0.5, 0.6) is 5.75 Å². The van der Waals surface area contributed by atoms with Crippen molar-refractivity contribution in [2.24, 2.45) is 0 Å². The Morgan fingerprint density at radius 2 is 1.88 bits per heavy atom. The number of esters is 1. The molecule has 0 radical (unpaired) electrons. The third kappa shape index (κ3) is 6.03. The Bertz CT molecular complexity index is 1340. The van der Waals surface area contributed by atoms with Crippen LogP contribution in [0.1, 0.15) is 35.3 Å². The number of carbonyl (C=O) groups excluding carboxylic acids is 2. The van der Waals surface area contributed by atoms with Crippen molar-refractivity contribution in [3.8, 4) is 5.75 Å². The van der Waals surface area contributed by atoms with Gasteiger partial charge < -0.3 is 9.47 Å². The van der Waals surface area contributed by atoms with E-state index in [0.29, 0.717) is 26.1 Å². The molecule has 3 rings (SSSR count). The maximum Gasteiger partial charge on any atom is 0.333 e. The highest BCUT2D eigenvalue weighted by Crippen LogP contribution is 2.21. The normalized spacial score (nSPS) is 12.1. The van der Waals surface area contributed by atoms with E-state index in [1.54, 1.807) is 43.0 Å². The summed E-state index contributed by atoms with van der Waals surface area (Å²) in [6.45, 7) is 3.59. The van der Waals surface area contributed by atoms with Gasteiger partial charge in [0.25, 0.3) is 5.56 Å². The Hall–Kier alpha value is -3.10. The Morgan fingerprint density at radius 1 is 1.15 bits per heavy atom. The second kappa shape index (κ2) is 11.2. The summed E-state index contributed by atoms with van der Waals surface area (Å²) >= 11 is 2.86. The average molecular weight is 484 g/mol. The first-order chi connectivity index (χ1) is 15.9. The van der Waals surface area contributed by atoms with Gasteiger partial charge >= 0.3 is 5.97 Å². The summed E-state index contributed by atoms with van der Waals surface area (Å²) in [4.78, 5) is 38.5. The van der Waals surface area contributed by atoms with Crippen LogP contribution in [0.25, 0.3) is 12.2 Å². The largest absolute Gasteiger partial charge is 0.496 e. The minimum Gasteiger partial charge on any atom is -0.496 e. The summed E-state index contributed by atoms with van der Waals surface area (Å²) in [6, 6.07) is 13.0. The number of hydrogen-bond acceptors (Lipinski definition) is 7. The molecule has 0 atom stereocenters. The molecule has 172 valence electrons. The van der Waals surface area contributed by atoms with Crippen molar-refractivity contribution in [1.82, 2.24) is 4.57 Å². The van der Waals surface area contributed by atoms with Crippen molar-refractivity contribution in [2.75, 3.05) is 20.0 Å². The van der Waals surface area contributed by atoms with Crippen molar-refractivity contribution < 1.29 is 19.1 Å². The molecule has 1 aromatic heterocycles. The van der Waals surface area contributed by atoms with E-state index in [4.69, 9.17) is 9.47 Å². The Labute approximate surface area is 200 Å². The summed E-state index contributed by atoms with van der Waals surface area (Å²) in [6.07, 6.45) is 5.13. The summed E-state index contributed by atoms with van der Waals surface area (Å²) in [5.41, 5.74) is 1.84. The maximum atomic E-state index is 13.3. The van der Waals surface area contributed by atoms with Crippen molar-refractivity contribution in [2.45, 2.75) is 25.3 Å². The number of ketones is 1. The number of benzene rings is 2. The van der Waals surface area contributed by atoms with Crippen LogP contribution in [-0.4, -0.2) is 36.3 Å². The number of carbonyl (C=O) groups is 2. The van der Waals surface area contributed by atoms with Gasteiger partial charge in [0.2, 0.25) is 0 Å². The van der Waals surface area contributed by atoms with E-state index in [2.05, 4.69) is 0 Å². The van der Waals surface area contributed by atoms with Crippen LogP contribution >= 0.6 is 23.1 Å². The molecule has 2 aromatic carbocycles. The number of Topliss-reactive ketones (excluding diaryl/α,β-unsaturated/α-hetero) is 1. The van der Waals surface area contributed by atoms with Crippen LogP contribution in [0, 0.1) is 0 Å². The zero-order chi connectivity index (χ0) is 24.0. The van der Waals surface area contributed by atoms with Crippen molar-refractivity contribution in [1.29, 1.82) is 0 Å². The van der Waals surface area contributed by atoms with Gasteiger partial charge in [0.05, 0.1) is 30.9 Å². The van der Waals surface area contributed by atoms with Gasteiger partial charge in [-0.15, -0.1) is 23.1 Å². The molecule has 8 heteroatoms. The van der Waals surface area contributed by atoms with Gasteiger partial charge in [-0.25, -0.2) is 4.79 Å². The highest BCUT2D eigenvalue weighted by molar-refractivity contribution is 7.98. The molecule has 0 amide bonds. The standard InChI is InChI=1S/C25H25NO5S2/c1-5-31-24(28)14-23-26(15-19-13-18(16(2)27)8-11-21(19)30-3)25(29)22(33-23)12-17-6-9-20(32-4)10-7-17/h6-14H,5,15H2,1-4H3/b22-12+,23-14-. The molecule has 1 heterocycles. The lowest BCUT2D eigenvalue weighted by Crippen LogP contribution is -2.32. The smallest absolute Gasteiger partial charge is 0.333 e. The molecule has 3 aromatic rings. The van der Waals surface area contributed by atoms with E-state index < -0.39 is 5.97 Å². The summed E-state index contributed by atoms with van der Waals surface area (Å²) in [7, 11) is 1.53. The van der Waals surface area contributed by atoms with Crippen LogP contribution in [0.4, 0.5) is 0 Å². The van der Waals surface area contributed by atoms with E-state index in [1.807, 2.05) is 30.5 Å². The van der Waals surface area contributed by atoms with E-state index in [1.165, 1.54) is 36.0 Å². The molecular formula is C25H25NO5S2. The van der Waals surface area contributed by atoms with Gasteiger partial charge in [0.1, 0.15) is 10.4 Å². The van der Waals surface area contributed by atoms with E-state index in [-0.39, 0.29) is 24.5 Å². The van der Waals surface area contributed by atoms with Crippen molar-refractivity contribution in [3.63, 3.8) is 0 Å². The topological polar surface area (TPSA) is 74.6 Å². The molecule has 0 saturated heterocycles. The molecule has 0 aliphatic heterocycles. The second-order valence-electron chi connectivity index (χ2n) is 7.09. The van der Waals surface area contributed by atoms with Gasteiger partial charge in [-0.3, -0.25) is 14.2 Å². The molecule has 33 heavy (non-hydrogen) atoms. The van der Waals surface area contributed by atoms with Crippen LogP contribution in [0.3, 0.4) is 0 Å².